The summed E-state index contributed by atoms with van der Waals surface area (Å²) in [4.78, 5) is 0. The highest BCUT2D eigenvalue weighted by atomic mass is 19.1. The Labute approximate surface area is 160 Å². The van der Waals surface area contributed by atoms with Crippen molar-refractivity contribution in [2.45, 2.75) is 0 Å². The number of halogens is 1. The Balaban J connectivity index is 1.87. The smallest absolute Gasteiger partial charge is 0.203 e. The number of aromatic nitrogens is 4. The summed E-state index contributed by atoms with van der Waals surface area (Å²) >= 11 is 0. The average Bonchev–Trinajstić information content (AvgIpc) is 3.16. The summed E-state index contributed by atoms with van der Waals surface area (Å²) in [7, 11) is 4.64. The van der Waals surface area contributed by atoms with Gasteiger partial charge in [-0.1, -0.05) is 0 Å². The number of fused-ring (bicyclic) bond motifs is 1. The van der Waals surface area contributed by atoms with E-state index in [0.29, 0.717) is 40.0 Å². The molecule has 7 nitrogen and oxygen atoms in total. The lowest BCUT2D eigenvalue weighted by molar-refractivity contribution is 0.324. The van der Waals surface area contributed by atoms with Gasteiger partial charge in [0, 0.05) is 11.1 Å². The van der Waals surface area contributed by atoms with Gasteiger partial charge in [0.15, 0.2) is 23.0 Å². The molecule has 4 rings (SSSR count). The number of rotatable bonds is 5. The second-order valence-corrected chi connectivity index (χ2v) is 5.93. The summed E-state index contributed by atoms with van der Waals surface area (Å²) in [5, 5.41) is 13.1. The quantitative estimate of drug-likeness (QED) is 0.527. The zero-order valence-electron chi connectivity index (χ0n) is 15.5. The van der Waals surface area contributed by atoms with Crippen LogP contribution in [0.25, 0.3) is 28.3 Å². The van der Waals surface area contributed by atoms with Gasteiger partial charge in [-0.25, -0.2) is 4.39 Å². The number of nitrogens with zero attached hydrogens (tertiary/aromatic N) is 4. The Morgan fingerprint density at radius 2 is 1.46 bits per heavy atom. The lowest BCUT2D eigenvalue weighted by Gasteiger charge is -2.13. The maximum absolute atomic E-state index is 13.2. The molecule has 0 radical (unpaired) electrons. The zero-order valence-corrected chi connectivity index (χ0v) is 15.5. The number of hydrogen-bond donors (Lipinski definition) is 0. The third kappa shape index (κ3) is 2.98. The van der Waals surface area contributed by atoms with Gasteiger partial charge < -0.3 is 14.2 Å². The van der Waals surface area contributed by atoms with Crippen LogP contribution in [-0.4, -0.2) is 41.1 Å². The van der Waals surface area contributed by atoms with E-state index in [1.807, 2.05) is 6.07 Å². The van der Waals surface area contributed by atoms with Crippen molar-refractivity contribution in [1.29, 1.82) is 0 Å². The van der Waals surface area contributed by atoms with Crippen LogP contribution in [0.3, 0.4) is 0 Å². The second kappa shape index (κ2) is 7.15. The van der Waals surface area contributed by atoms with Crippen molar-refractivity contribution in [2.75, 3.05) is 21.3 Å². The Morgan fingerprint density at radius 3 is 2.07 bits per heavy atom. The van der Waals surface area contributed by atoms with E-state index in [9.17, 15) is 4.39 Å². The first-order valence-electron chi connectivity index (χ1n) is 8.43. The summed E-state index contributed by atoms with van der Waals surface area (Å²) in [6, 6.07) is 13.3. The molecule has 0 atom stereocenters. The summed E-state index contributed by atoms with van der Waals surface area (Å²) in [5.41, 5.74) is 2.73. The first-order valence-corrected chi connectivity index (χ1v) is 8.43. The third-order valence-electron chi connectivity index (χ3n) is 4.33. The number of benzene rings is 2. The van der Waals surface area contributed by atoms with Gasteiger partial charge in [-0.15, -0.1) is 10.2 Å². The number of hydrogen-bond acceptors (Lipinski definition) is 6. The highest BCUT2D eigenvalue weighted by molar-refractivity contribution is 5.69. The molecule has 0 N–H and O–H groups in total. The summed E-state index contributed by atoms with van der Waals surface area (Å²) in [6.07, 6.45) is 0. The fourth-order valence-electron chi connectivity index (χ4n) is 2.95. The molecule has 0 unspecified atom stereocenters. The van der Waals surface area contributed by atoms with Crippen molar-refractivity contribution >= 4 is 5.65 Å². The molecule has 0 bridgehead atoms. The van der Waals surface area contributed by atoms with Crippen LogP contribution in [0.2, 0.25) is 0 Å². The maximum atomic E-state index is 13.2. The lowest BCUT2D eigenvalue weighted by Crippen LogP contribution is -1.99. The van der Waals surface area contributed by atoms with E-state index in [1.54, 1.807) is 56.2 Å². The van der Waals surface area contributed by atoms with Crippen LogP contribution < -0.4 is 14.2 Å². The largest absolute Gasteiger partial charge is 0.493 e. The van der Waals surface area contributed by atoms with Crippen LogP contribution in [0.5, 0.6) is 17.2 Å². The monoisotopic (exact) mass is 380 g/mol. The van der Waals surface area contributed by atoms with Gasteiger partial charge >= 0.3 is 0 Å². The minimum atomic E-state index is -0.299. The molecule has 142 valence electrons. The number of ether oxygens (including phenoxy) is 3. The molecule has 0 aliphatic carbocycles. The van der Waals surface area contributed by atoms with Crippen LogP contribution in [0.4, 0.5) is 4.39 Å². The highest BCUT2D eigenvalue weighted by Gasteiger charge is 2.18. The van der Waals surface area contributed by atoms with Crippen molar-refractivity contribution in [3.8, 4) is 39.9 Å². The molecule has 28 heavy (non-hydrogen) atoms. The average molecular weight is 380 g/mol. The number of methoxy groups -OCH3 is 3. The first kappa shape index (κ1) is 17.7. The molecule has 0 saturated heterocycles. The molecular weight excluding hydrogens is 363 g/mol. The van der Waals surface area contributed by atoms with Crippen molar-refractivity contribution < 1.29 is 18.6 Å². The summed E-state index contributed by atoms with van der Waals surface area (Å²) < 4.78 is 31.0. The topological polar surface area (TPSA) is 70.8 Å². The third-order valence-corrected chi connectivity index (χ3v) is 4.33. The van der Waals surface area contributed by atoms with E-state index in [2.05, 4.69) is 15.3 Å². The first-order chi connectivity index (χ1) is 13.6. The van der Waals surface area contributed by atoms with Crippen LogP contribution >= 0.6 is 0 Å². The van der Waals surface area contributed by atoms with Crippen LogP contribution in [0.1, 0.15) is 0 Å². The molecule has 8 heteroatoms. The van der Waals surface area contributed by atoms with Gasteiger partial charge in [-0.3, -0.25) is 0 Å². The SMILES string of the molecule is COc1cc(-c2nnc3ccc(-c4ccc(F)cc4)nn23)cc(OC)c1OC. The van der Waals surface area contributed by atoms with Gasteiger partial charge in [0.05, 0.1) is 27.0 Å². The normalized spacial score (nSPS) is 10.9. The van der Waals surface area contributed by atoms with Crippen molar-refractivity contribution in [3.05, 3.63) is 54.3 Å². The minimum Gasteiger partial charge on any atom is -0.493 e. The van der Waals surface area contributed by atoms with Crippen molar-refractivity contribution in [2.24, 2.45) is 0 Å². The molecule has 0 spiro atoms. The molecule has 0 fully saturated rings. The Kier molecular flexibility index (Phi) is 4.52. The van der Waals surface area contributed by atoms with Crippen LogP contribution in [0, 0.1) is 5.82 Å². The molecule has 2 aromatic heterocycles. The fraction of sp³-hybridized carbons (Fsp3) is 0.150. The molecule has 0 aliphatic heterocycles. The van der Waals surface area contributed by atoms with Crippen LogP contribution in [-0.2, 0) is 0 Å². The van der Waals surface area contributed by atoms with E-state index < -0.39 is 0 Å². The maximum Gasteiger partial charge on any atom is 0.203 e. The summed E-state index contributed by atoms with van der Waals surface area (Å²) in [5.74, 6) is 1.71. The summed E-state index contributed by atoms with van der Waals surface area (Å²) in [6.45, 7) is 0. The van der Waals surface area contributed by atoms with E-state index >= 15 is 0 Å². The fourth-order valence-corrected chi connectivity index (χ4v) is 2.95. The second-order valence-electron chi connectivity index (χ2n) is 5.93. The molecule has 0 amide bonds. The lowest BCUT2D eigenvalue weighted by atomic mass is 10.1. The van der Waals surface area contributed by atoms with Gasteiger partial charge in [0.25, 0.3) is 0 Å². The van der Waals surface area contributed by atoms with Crippen molar-refractivity contribution in [1.82, 2.24) is 19.8 Å². The molecule has 4 aromatic rings. The van der Waals surface area contributed by atoms with Crippen LogP contribution in [0.15, 0.2) is 48.5 Å². The van der Waals surface area contributed by atoms with E-state index in [0.717, 1.165) is 5.56 Å². The molecule has 0 aliphatic rings. The van der Waals surface area contributed by atoms with E-state index in [4.69, 9.17) is 14.2 Å². The minimum absolute atomic E-state index is 0.299. The molecule has 0 saturated carbocycles. The molecule has 2 heterocycles. The van der Waals surface area contributed by atoms with Gasteiger partial charge in [-0.2, -0.15) is 9.61 Å². The molecular formula is C20H17FN4O3. The van der Waals surface area contributed by atoms with Gasteiger partial charge in [-0.05, 0) is 48.5 Å². The standard InChI is InChI=1S/C20H17FN4O3/c1-26-16-10-13(11-17(27-2)19(16)28-3)20-23-22-18-9-8-15(24-25(18)20)12-4-6-14(21)7-5-12/h4-11H,1-3H3. The Bertz CT molecular complexity index is 1120. The zero-order chi connectivity index (χ0) is 19.7. The Morgan fingerprint density at radius 1 is 0.786 bits per heavy atom. The molecule has 2 aromatic carbocycles. The van der Waals surface area contributed by atoms with Gasteiger partial charge in [0.2, 0.25) is 5.75 Å². The van der Waals surface area contributed by atoms with E-state index in [-0.39, 0.29) is 5.82 Å². The predicted octanol–water partition coefficient (Wildman–Crippen LogP) is 3.62. The van der Waals surface area contributed by atoms with E-state index in [1.165, 1.54) is 12.1 Å². The highest BCUT2D eigenvalue weighted by Crippen LogP contribution is 2.40. The van der Waals surface area contributed by atoms with Gasteiger partial charge in [0.1, 0.15) is 5.82 Å². The van der Waals surface area contributed by atoms with Crippen molar-refractivity contribution in [3.63, 3.8) is 0 Å². The predicted molar refractivity (Wildman–Crippen MR) is 101 cm³/mol. The Hall–Kier alpha value is -3.68.